The molecule has 0 aliphatic rings. The Hall–Kier alpha value is -2.37. The van der Waals surface area contributed by atoms with Gasteiger partial charge in [-0.2, -0.15) is 0 Å². The van der Waals surface area contributed by atoms with Gasteiger partial charge in [0.2, 0.25) is 0 Å². The van der Waals surface area contributed by atoms with Crippen molar-refractivity contribution < 1.29 is 28.6 Å². The van der Waals surface area contributed by atoms with E-state index in [0.29, 0.717) is 19.3 Å². The molecule has 0 aromatic carbocycles. The van der Waals surface area contributed by atoms with Crippen LogP contribution in [0, 0.1) is 0 Å². The first-order chi connectivity index (χ1) is 40.0. The molecule has 0 bridgehead atoms. The lowest BCUT2D eigenvalue weighted by molar-refractivity contribution is -0.167. The molecule has 0 aromatic heterocycles. The molecule has 0 amide bonds. The SMILES string of the molecule is CCCCCCC/C=C\C/C=C\C/C=C\CCCCCCCCC(=O)OC(COC(=O)CCCCCCCCCCCCCC)COC(=O)CCCCCCCCCCCCCCCCCCCCCCCCCCCCCCCC. The fraction of sp³-hybridized carbons (Fsp3) is 0.880. The molecule has 1 unspecified atom stereocenters. The van der Waals surface area contributed by atoms with Gasteiger partial charge in [0.25, 0.3) is 0 Å². The fourth-order valence-corrected chi connectivity index (χ4v) is 11.2. The standard InChI is InChI=1S/C75H140O6/c1-4-7-10-13-16-19-22-25-27-29-31-33-34-35-36-37-38-39-40-41-43-44-46-48-50-53-56-59-62-65-68-74(77)80-71-72(70-79-73(76)67-64-61-58-55-52-24-21-18-15-12-9-6-3)81-75(78)69-66-63-60-57-54-51-49-47-45-42-32-30-28-26-23-20-17-14-11-8-5-2/h23,26,30,32,45,47,72H,4-22,24-25,27-29,31,33-44,46,48-71H2,1-3H3/b26-23-,32-30-,47-45-. The van der Waals surface area contributed by atoms with Crippen LogP contribution in [-0.2, 0) is 28.6 Å². The second-order valence-corrected chi connectivity index (χ2v) is 24.9. The van der Waals surface area contributed by atoms with E-state index in [1.54, 1.807) is 0 Å². The Morgan fingerprint density at radius 1 is 0.247 bits per heavy atom. The number of esters is 3. The number of hydrogen-bond donors (Lipinski definition) is 0. The van der Waals surface area contributed by atoms with Crippen LogP contribution in [0.1, 0.15) is 406 Å². The summed E-state index contributed by atoms with van der Waals surface area (Å²) in [7, 11) is 0. The fourth-order valence-electron chi connectivity index (χ4n) is 11.2. The second kappa shape index (κ2) is 70.1. The van der Waals surface area contributed by atoms with Gasteiger partial charge in [0, 0.05) is 19.3 Å². The maximum Gasteiger partial charge on any atom is 0.306 e. The highest BCUT2D eigenvalue weighted by Crippen LogP contribution is 2.19. The first kappa shape index (κ1) is 78.6. The number of ether oxygens (including phenoxy) is 3. The van der Waals surface area contributed by atoms with Gasteiger partial charge in [-0.3, -0.25) is 14.4 Å². The highest BCUT2D eigenvalue weighted by atomic mass is 16.6. The third kappa shape index (κ3) is 68.3. The van der Waals surface area contributed by atoms with Crippen LogP contribution in [0.15, 0.2) is 36.5 Å². The van der Waals surface area contributed by atoms with Crippen LogP contribution in [0.2, 0.25) is 0 Å². The second-order valence-electron chi connectivity index (χ2n) is 24.9. The molecule has 6 nitrogen and oxygen atoms in total. The third-order valence-electron chi connectivity index (χ3n) is 16.6. The number of carbonyl (C=O) groups is 3. The summed E-state index contributed by atoms with van der Waals surface area (Å²) in [6.45, 7) is 6.69. The van der Waals surface area contributed by atoms with Crippen molar-refractivity contribution in [1.82, 2.24) is 0 Å². The summed E-state index contributed by atoms with van der Waals surface area (Å²) in [5, 5.41) is 0. The largest absolute Gasteiger partial charge is 0.462 e. The number of carbonyl (C=O) groups excluding carboxylic acids is 3. The molecule has 0 aromatic rings. The third-order valence-corrected chi connectivity index (χ3v) is 16.6. The van der Waals surface area contributed by atoms with Gasteiger partial charge in [0.1, 0.15) is 13.2 Å². The van der Waals surface area contributed by atoms with Gasteiger partial charge in [0.05, 0.1) is 0 Å². The van der Waals surface area contributed by atoms with Gasteiger partial charge in [-0.25, -0.2) is 0 Å². The summed E-state index contributed by atoms with van der Waals surface area (Å²) in [5.74, 6) is -0.856. The maximum atomic E-state index is 12.9. The molecule has 6 heteroatoms. The molecule has 0 saturated heterocycles. The van der Waals surface area contributed by atoms with Gasteiger partial charge in [-0.1, -0.05) is 365 Å². The summed E-state index contributed by atoms with van der Waals surface area (Å²) >= 11 is 0. The van der Waals surface area contributed by atoms with Crippen LogP contribution in [0.25, 0.3) is 0 Å². The summed E-state index contributed by atoms with van der Waals surface area (Å²) in [5.41, 5.74) is 0. The number of hydrogen-bond acceptors (Lipinski definition) is 6. The lowest BCUT2D eigenvalue weighted by Gasteiger charge is -2.18. The molecule has 0 rings (SSSR count). The maximum absolute atomic E-state index is 12.9. The van der Waals surface area contributed by atoms with Gasteiger partial charge in [0.15, 0.2) is 6.10 Å². The van der Waals surface area contributed by atoms with Crippen molar-refractivity contribution >= 4 is 17.9 Å². The van der Waals surface area contributed by atoms with Crippen LogP contribution < -0.4 is 0 Å². The number of rotatable bonds is 68. The minimum Gasteiger partial charge on any atom is -0.462 e. The van der Waals surface area contributed by atoms with Crippen molar-refractivity contribution in [3.8, 4) is 0 Å². The van der Waals surface area contributed by atoms with Crippen LogP contribution in [0.3, 0.4) is 0 Å². The molecule has 0 radical (unpaired) electrons. The van der Waals surface area contributed by atoms with Crippen LogP contribution in [-0.4, -0.2) is 37.2 Å². The van der Waals surface area contributed by atoms with E-state index >= 15 is 0 Å². The Morgan fingerprint density at radius 3 is 0.691 bits per heavy atom. The molecule has 81 heavy (non-hydrogen) atoms. The number of allylic oxidation sites excluding steroid dienone is 6. The molecule has 0 aliphatic heterocycles. The molecule has 0 N–H and O–H groups in total. The van der Waals surface area contributed by atoms with E-state index in [-0.39, 0.29) is 31.1 Å². The smallest absolute Gasteiger partial charge is 0.306 e. The van der Waals surface area contributed by atoms with Gasteiger partial charge < -0.3 is 14.2 Å². The predicted molar refractivity (Wildman–Crippen MR) is 353 cm³/mol. The Bertz CT molecular complexity index is 1350. The van der Waals surface area contributed by atoms with E-state index in [1.165, 1.54) is 289 Å². The van der Waals surface area contributed by atoms with E-state index in [4.69, 9.17) is 14.2 Å². The predicted octanol–water partition coefficient (Wildman–Crippen LogP) is 25.1. The molecule has 0 spiro atoms. The highest BCUT2D eigenvalue weighted by molar-refractivity contribution is 5.71. The minimum atomic E-state index is -0.777. The Kier molecular flexibility index (Phi) is 68.1. The van der Waals surface area contributed by atoms with Crippen LogP contribution in [0.4, 0.5) is 0 Å². The minimum absolute atomic E-state index is 0.0720. The Balaban J connectivity index is 4.16. The van der Waals surface area contributed by atoms with Gasteiger partial charge in [-0.05, 0) is 57.8 Å². The molecule has 0 heterocycles. The Morgan fingerprint density at radius 2 is 0.444 bits per heavy atom. The summed E-state index contributed by atoms with van der Waals surface area (Å²) in [4.78, 5) is 38.4. The average Bonchev–Trinajstić information content (AvgIpc) is 3.47. The van der Waals surface area contributed by atoms with E-state index in [0.717, 1.165) is 77.0 Å². The zero-order valence-corrected chi connectivity index (χ0v) is 54.8. The van der Waals surface area contributed by atoms with Crippen molar-refractivity contribution in [3.63, 3.8) is 0 Å². The quantitative estimate of drug-likeness (QED) is 0.0261. The summed E-state index contributed by atoms with van der Waals surface area (Å²) < 4.78 is 17.0. The lowest BCUT2D eigenvalue weighted by Crippen LogP contribution is -2.30. The monoisotopic (exact) mass is 1140 g/mol. The zero-order chi connectivity index (χ0) is 58.5. The molecule has 0 fully saturated rings. The lowest BCUT2D eigenvalue weighted by atomic mass is 10.0. The van der Waals surface area contributed by atoms with E-state index < -0.39 is 6.10 Å². The molecule has 1 atom stereocenters. The molecule has 0 saturated carbocycles. The molecule has 476 valence electrons. The first-order valence-corrected chi connectivity index (χ1v) is 36.5. The van der Waals surface area contributed by atoms with E-state index in [9.17, 15) is 14.4 Å². The van der Waals surface area contributed by atoms with Gasteiger partial charge >= 0.3 is 17.9 Å². The summed E-state index contributed by atoms with van der Waals surface area (Å²) in [6, 6.07) is 0. The van der Waals surface area contributed by atoms with Crippen molar-refractivity contribution in [2.45, 2.75) is 412 Å². The normalized spacial score (nSPS) is 12.2. The van der Waals surface area contributed by atoms with Crippen molar-refractivity contribution in [1.29, 1.82) is 0 Å². The number of unbranched alkanes of at least 4 members (excludes halogenated alkanes) is 51. The zero-order valence-electron chi connectivity index (χ0n) is 54.8. The molecule has 0 aliphatic carbocycles. The van der Waals surface area contributed by atoms with Crippen LogP contribution in [0.5, 0.6) is 0 Å². The first-order valence-electron chi connectivity index (χ1n) is 36.5. The van der Waals surface area contributed by atoms with E-state index in [1.807, 2.05) is 0 Å². The van der Waals surface area contributed by atoms with Crippen molar-refractivity contribution in [2.24, 2.45) is 0 Å². The van der Waals surface area contributed by atoms with Crippen molar-refractivity contribution in [3.05, 3.63) is 36.5 Å². The molecular weight excluding hydrogens is 997 g/mol. The topological polar surface area (TPSA) is 78.9 Å². The van der Waals surface area contributed by atoms with Gasteiger partial charge in [-0.15, -0.1) is 0 Å². The van der Waals surface area contributed by atoms with Crippen LogP contribution >= 0.6 is 0 Å². The Labute approximate surface area is 506 Å². The van der Waals surface area contributed by atoms with E-state index in [2.05, 4.69) is 57.2 Å². The molecular formula is C75H140O6. The highest BCUT2D eigenvalue weighted by Gasteiger charge is 2.19. The summed E-state index contributed by atoms with van der Waals surface area (Å²) in [6.07, 6.45) is 87.6. The average molecular weight is 1140 g/mol. The van der Waals surface area contributed by atoms with Crippen molar-refractivity contribution in [2.75, 3.05) is 13.2 Å².